The van der Waals surface area contributed by atoms with E-state index in [1.54, 1.807) is 0 Å². The van der Waals surface area contributed by atoms with Gasteiger partial charge in [-0.2, -0.15) is 5.26 Å². The zero-order valence-corrected chi connectivity index (χ0v) is 11.2. The Morgan fingerprint density at radius 1 is 1.37 bits per heavy atom. The summed E-state index contributed by atoms with van der Waals surface area (Å²) in [5.74, 6) is 0.409. The highest BCUT2D eigenvalue weighted by molar-refractivity contribution is 5.80. The van der Waals surface area contributed by atoms with Gasteiger partial charge >= 0.3 is 0 Å². The van der Waals surface area contributed by atoms with Gasteiger partial charge < -0.3 is 10.1 Å². The van der Waals surface area contributed by atoms with E-state index >= 15 is 0 Å². The summed E-state index contributed by atoms with van der Waals surface area (Å²) in [6.07, 6.45) is 0. The maximum atomic E-state index is 9.14. The third-order valence-electron chi connectivity index (χ3n) is 2.70. The Morgan fingerprint density at radius 2 is 2.16 bits per heavy atom. The van der Waals surface area contributed by atoms with Gasteiger partial charge in [-0.05, 0) is 12.1 Å². The number of aromatic nitrogens is 1. The second-order valence-electron chi connectivity index (χ2n) is 4.60. The van der Waals surface area contributed by atoms with E-state index in [2.05, 4.69) is 30.2 Å². The van der Waals surface area contributed by atoms with Crippen molar-refractivity contribution in [1.82, 2.24) is 10.3 Å². The molecule has 0 spiro atoms. The molecule has 19 heavy (non-hydrogen) atoms. The number of pyridine rings is 1. The second-order valence-corrected chi connectivity index (χ2v) is 4.60. The molecule has 0 radical (unpaired) electrons. The summed E-state index contributed by atoms with van der Waals surface area (Å²) in [4.78, 5) is 4.39. The molecule has 0 aliphatic rings. The Morgan fingerprint density at radius 3 is 2.89 bits per heavy atom. The van der Waals surface area contributed by atoms with Crippen LogP contribution in [0.25, 0.3) is 10.9 Å². The van der Waals surface area contributed by atoms with Crippen LogP contribution in [0.4, 0.5) is 0 Å². The first-order chi connectivity index (χ1) is 9.20. The summed E-state index contributed by atoms with van der Waals surface area (Å²) in [5, 5.41) is 13.3. The molecule has 0 fully saturated rings. The highest BCUT2D eigenvalue weighted by Crippen LogP contribution is 2.21. The molecule has 0 aliphatic carbocycles. The van der Waals surface area contributed by atoms with E-state index in [4.69, 9.17) is 10.00 Å². The highest BCUT2D eigenvalue weighted by Gasteiger charge is 2.07. The van der Waals surface area contributed by atoms with Crippen molar-refractivity contribution in [2.75, 3.05) is 13.2 Å². The van der Waals surface area contributed by atoms with Crippen LogP contribution in [0.2, 0.25) is 0 Å². The molecule has 4 heteroatoms. The fraction of sp³-hybridized carbons (Fsp3) is 0.333. The molecule has 2 aromatic rings. The Labute approximate surface area is 113 Å². The molecule has 0 amide bonds. The summed E-state index contributed by atoms with van der Waals surface area (Å²) in [7, 11) is 0. The van der Waals surface area contributed by atoms with E-state index < -0.39 is 0 Å². The van der Waals surface area contributed by atoms with E-state index in [1.165, 1.54) is 0 Å². The fourth-order valence-corrected chi connectivity index (χ4v) is 1.78. The minimum Gasteiger partial charge on any atom is -0.475 e. The monoisotopic (exact) mass is 255 g/mol. The van der Waals surface area contributed by atoms with Crippen molar-refractivity contribution in [2.24, 2.45) is 0 Å². The third-order valence-corrected chi connectivity index (χ3v) is 2.70. The fourth-order valence-electron chi connectivity index (χ4n) is 1.78. The number of ether oxygens (including phenoxy) is 1. The second kappa shape index (κ2) is 6.17. The van der Waals surface area contributed by atoms with Crippen LogP contribution >= 0.6 is 0 Å². The Kier molecular flexibility index (Phi) is 4.32. The van der Waals surface area contributed by atoms with Gasteiger partial charge in [0.1, 0.15) is 18.2 Å². The molecule has 2 rings (SSSR count). The molecule has 0 bridgehead atoms. The summed E-state index contributed by atoms with van der Waals surface area (Å²) < 4.78 is 5.59. The lowest BCUT2D eigenvalue weighted by molar-refractivity contribution is 0.298. The molecule has 1 N–H and O–H groups in total. The molecule has 0 unspecified atom stereocenters. The van der Waals surface area contributed by atoms with Crippen LogP contribution in [0.3, 0.4) is 0 Å². The number of nitriles is 1. The van der Waals surface area contributed by atoms with E-state index in [1.807, 2.05) is 30.3 Å². The lowest BCUT2D eigenvalue weighted by atomic mass is 10.1. The number of hydrogen-bond donors (Lipinski definition) is 1. The van der Waals surface area contributed by atoms with Gasteiger partial charge in [0, 0.05) is 18.0 Å². The molecule has 98 valence electrons. The molecule has 1 heterocycles. The first kappa shape index (κ1) is 13.3. The zero-order chi connectivity index (χ0) is 13.7. The van der Waals surface area contributed by atoms with Crippen molar-refractivity contribution in [2.45, 2.75) is 19.9 Å². The number of benzene rings is 1. The minimum atomic E-state index is 0.409. The molecule has 0 atom stereocenters. The quantitative estimate of drug-likeness (QED) is 0.834. The molecule has 0 aliphatic heterocycles. The van der Waals surface area contributed by atoms with E-state index in [0.29, 0.717) is 24.1 Å². The first-order valence-corrected chi connectivity index (χ1v) is 6.37. The highest BCUT2D eigenvalue weighted by atomic mass is 16.5. The van der Waals surface area contributed by atoms with E-state index in [9.17, 15) is 0 Å². The van der Waals surface area contributed by atoms with Gasteiger partial charge in [0.15, 0.2) is 0 Å². The molecule has 4 nitrogen and oxygen atoms in total. The standard InChI is InChI=1S/C15H17N3O/c1-11(2)17-7-8-19-15-13(10-16)9-12-5-3-4-6-14(12)18-15/h3-6,9,11,17H,7-8H2,1-2H3. The van der Waals surface area contributed by atoms with Gasteiger partial charge in [0.2, 0.25) is 5.88 Å². The molecule has 1 aromatic carbocycles. The molecular weight excluding hydrogens is 238 g/mol. The van der Waals surface area contributed by atoms with E-state index in [0.717, 1.165) is 17.4 Å². The van der Waals surface area contributed by atoms with Gasteiger partial charge in [0.25, 0.3) is 0 Å². The van der Waals surface area contributed by atoms with Crippen molar-refractivity contribution in [1.29, 1.82) is 5.26 Å². The van der Waals surface area contributed by atoms with Crippen LogP contribution in [0.1, 0.15) is 19.4 Å². The predicted molar refractivity (Wildman–Crippen MR) is 75.1 cm³/mol. The van der Waals surface area contributed by atoms with Crippen LogP contribution in [0, 0.1) is 11.3 Å². The lowest BCUT2D eigenvalue weighted by Gasteiger charge is -2.10. The number of hydrogen-bond acceptors (Lipinski definition) is 4. The summed E-state index contributed by atoms with van der Waals surface area (Å²) in [5.41, 5.74) is 1.32. The predicted octanol–water partition coefficient (Wildman–Crippen LogP) is 2.48. The first-order valence-electron chi connectivity index (χ1n) is 6.37. The van der Waals surface area contributed by atoms with Gasteiger partial charge in [-0.25, -0.2) is 4.98 Å². The van der Waals surface area contributed by atoms with Crippen LogP contribution in [-0.4, -0.2) is 24.2 Å². The van der Waals surface area contributed by atoms with Crippen molar-refractivity contribution in [3.8, 4) is 11.9 Å². The Bertz CT molecular complexity index is 602. The normalized spacial score (nSPS) is 10.6. The topological polar surface area (TPSA) is 57.9 Å². The van der Waals surface area contributed by atoms with E-state index in [-0.39, 0.29) is 0 Å². The summed E-state index contributed by atoms with van der Waals surface area (Å²) in [6.45, 7) is 5.39. The zero-order valence-electron chi connectivity index (χ0n) is 11.2. The Hall–Kier alpha value is -2.12. The van der Waals surface area contributed by atoms with Crippen LogP contribution in [0.15, 0.2) is 30.3 Å². The molecular formula is C15H17N3O. The number of nitrogens with one attached hydrogen (secondary N) is 1. The van der Waals surface area contributed by atoms with Gasteiger partial charge in [0.05, 0.1) is 5.52 Å². The van der Waals surface area contributed by atoms with Gasteiger partial charge in [-0.1, -0.05) is 32.0 Å². The molecule has 0 saturated heterocycles. The SMILES string of the molecule is CC(C)NCCOc1nc2ccccc2cc1C#N. The molecule has 1 aromatic heterocycles. The maximum Gasteiger partial charge on any atom is 0.232 e. The summed E-state index contributed by atoms with van der Waals surface area (Å²) >= 11 is 0. The molecule has 0 saturated carbocycles. The van der Waals surface area contributed by atoms with Crippen molar-refractivity contribution < 1.29 is 4.74 Å². The summed E-state index contributed by atoms with van der Waals surface area (Å²) in [6, 6.07) is 12.1. The van der Waals surface area contributed by atoms with Crippen LogP contribution in [0.5, 0.6) is 5.88 Å². The third kappa shape index (κ3) is 3.43. The van der Waals surface area contributed by atoms with Crippen molar-refractivity contribution in [3.05, 3.63) is 35.9 Å². The lowest BCUT2D eigenvalue weighted by Crippen LogP contribution is -2.27. The number of rotatable bonds is 5. The number of fused-ring (bicyclic) bond motifs is 1. The van der Waals surface area contributed by atoms with Gasteiger partial charge in [-0.15, -0.1) is 0 Å². The van der Waals surface area contributed by atoms with Crippen molar-refractivity contribution in [3.63, 3.8) is 0 Å². The smallest absolute Gasteiger partial charge is 0.232 e. The largest absolute Gasteiger partial charge is 0.475 e. The van der Waals surface area contributed by atoms with Crippen LogP contribution < -0.4 is 10.1 Å². The minimum absolute atomic E-state index is 0.409. The average molecular weight is 255 g/mol. The van der Waals surface area contributed by atoms with Gasteiger partial charge in [-0.3, -0.25) is 0 Å². The Balaban J connectivity index is 2.15. The van der Waals surface area contributed by atoms with Crippen molar-refractivity contribution >= 4 is 10.9 Å². The average Bonchev–Trinajstić information content (AvgIpc) is 2.42. The number of nitrogens with zero attached hydrogens (tertiary/aromatic N) is 2. The maximum absolute atomic E-state index is 9.14. The number of para-hydroxylation sites is 1. The van der Waals surface area contributed by atoms with Crippen LogP contribution in [-0.2, 0) is 0 Å².